The molecule has 3 rings (SSSR count). The molecule has 0 aliphatic heterocycles. The molecule has 0 saturated heterocycles. The SMILES string of the molecule is CCc1cccc(C)c1NC(=O)CSc1nnc([C@H](C)NC(=O)c2ccccc2Cl)n1C. The lowest BCUT2D eigenvalue weighted by Crippen LogP contribution is -2.28. The van der Waals surface area contributed by atoms with Gasteiger partial charge < -0.3 is 15.2 Å². The highest BCUT2D eigenvalue weighted by Gasteiger charge is 2.20. The van der Waals surface area contributed by atoms with Gasteiger partial charge in [0.1, 0.15) is 0 Å². The van der Waals surface area contributed by atoms with Crippen LogP contribution in [0.5, 0.6) is 0 Å². The number of thioether (sulfide) groups is 1. The average Bonchev–Trinajstić information content (AvgIpc) is 3.14. The first-order chi connectivity index (χ1) is 15.3. The first kappa shape index (κ1) is 23.8. The van der Waals surface area contributed by atoms with Crippen molar-refractivity contribution in [3.05, 3.63) is 70.0 Å². The van der Waals surface area contributed by atoms with Gasteiger partial charge in [0, 0.05) is 12.7 Å². The molecule has 3 aromatic rings. The molecule has 7 nitrogen and oxygen atoms in total. The molecule has 9 heteroatoms. The maximum absolute atomic E-state index is 12.5. The number of amides is 2. The van der Waals surface area contributed by atoms with Crippen LogP contribution in [0.4, 0.5) is 5.69 Å². The summed E-state index contributed by atoms with van der Waals surface area (Å²) in [5.41, 5.74) is 3.41. The number of hydrogen-bond acceptors (Lipinski definition) is 5. The first-order valence-electron chi connectivity index (χ1n) is 10.3. The maximum atomic E-state index is 12.5. The van der Waals surface area contributed by atoms with Crippen molar-refractivity contribution in [3.63, 3.8) is 0 Å². The van der Waals surface area contributed by atoms with Crippen LogP contribution in [-0.4, -0.2) is 32.3 Å². The van der Waals surface area contributed by atoms with Gasteiger partial charge in [-0.15, -0.1) is 10.2 Å². The molecule has 0 unspecified atom stereocenters. The third-order valence-corrected chi connectivity index (χ3v) is 6.41. The molecule has 1 aromatic heterocycles. The minimum absolute atomic E-state index is 0.108. The zero-order valence-corrected chi connectivity index (χ0v) is 20.0. The minimum Gasteiger partial charge on any atom is -0.342 e. The second-order valence-corrected chi connectivity index (χ2v) is 8.72. The smallest absolute Gasteiger partial charge is 0.253 e. The summed E-state index contributed by atoms with van der Waals surface area (Å²) >= 11 is 7.40. The topological polar surface area (TPSA) is 88.9 Å². The van der Waals surface area contributed by atoms with E-state index in [0.717, 1.165) is 23.2 Å². The van der Waals surface area contributed by atoms with E-state index in [2.05, 4.69) is 27.8 Å². The van der Waals surface area contributed by atoms with Crippen LogP contribution in [-0.2, 0) is 18.3 Å². The van der Waals surface area contributed by atoms with Crippen molar-refractivity contribution < 1.29 is 9.59 Å². The summed E-state index contributed by atoms with van der Waals surface area (Å²) in [7, 11) is 1.81. The number of halogens is 1. The predicted molar refractivity (Wildman–Crippen MR) is 128 cm³/mol. The van der Waals surface area contributed by atoms with Gasteiger partial charge in [-0.25, -0.2) is 0 Å². The Morgan fingerprint density at radius 2 is 1.91 bits per heavy atom. The average molecular weight is 472 g/mol. The summed E-state index contributed by atoms with van der Waals surface area (Å²) in [5.74, 6) is 0.387. The molecule has 0 aliphatic rings. The fourth-order valence-electron chi connectivity index (χ4n) is 3.32. The number of benzene rings is 2. The van der Waals surface area contributed by atoms with Crippen molar-refractivity contribution in [2.45, 2.75) is 38.4 Å². The number of carbonyl (C=O) groups excluding carboxylic acids is 2. The van der Waals surface area contributed by atoms with Gasteiger partial charge in [0.15, 0.2) is 11.0 Å². The third-order valence-electron chi connectivity index (χ3n) is 5.06. The van der Waals surface area contributed by atoms with E-state index >= 15 is 0 Å². The lowest BCUT2D eigenvalue weighted by Gasteiger charge is -2.14. The van der Waals surface area contributed by atoms with Crippen molar-refractivity contribution in [3.8, 4) is 0 Å². The van der Waals surface area contributed by atoms with Crippen molar-refractivity contribution in [2.75, 3.05) is 11.1 Å². The summed E-state index contributed by atoms with van der Waals surface area (Å²) in [5, 5.41) is 15.3. The molecule has 168 valence electrons. The largest absolute Gasteiger partial charge is 0.342 e. The normalized spacial score (nSPS) is 11.8. The van der Waals surface area contributed by atoms with E-state index in [-0.39, 0.29) is 17.6 Å². The Bertz CT molecular complexity index is 1130. The molecule has 0 spiro atoms. The summed E-state index contributed by atoms with van der Waals surface area (Å²) in [6.45, 7) is 5.87. The van der Waals surface area contributed by atoms with Crippen LogP contribution in [0, 0.1) is 6.92 Å². The van der Waals surface area contributed by atoms with Crippen LogP contribution < -0.4 is 10.6 Å². The highest BCUT2D eigenvalue weighted by atomic mass is 35.5. The quantitative estimate of drug-likeness (QED) is 0.470. The first-order valence-corrected chi connectivity index (χ1v) is 11.6. The number of para-hydroxylation sites is 1. The molecule has 2 aromatic carbocycles. The van der Waals surface area contributed by atoms with Crippen LogP contribution in [0.15, 0.2) is 47.6 Å². The summed E-state index contributed by atoms with van der Waals surface area (Å²) in [4.78, 5) is 25.1. The Morgan fingerprint density at radius 3 is 2.62 bits per heavy atom. The van der Waals surface area contributed by atoms with Crippen LogP contribution in [0.3, 0.4) is 0 Å². The van der Waals surface area contributed by atoms with Crippen molar-refractivity contribution in [2.24, 2.45) is 7.05 Å². The Hall–Kier alpha value is -2.84. The van der Waals surface area contributed by atoms with E-state index in [4.69, 9.17) is 11.6 Å². The summed E-state index contributed by atoms with van der Waals surface area (Å²) in [6.07, 6.45) is 0.842. The molecule has 2 amide bonds. The van der Waals surface area contributed by atoms with E-state index in [0.29, 0.717) is 21.6 Å². The molecular formula is C23H26ClN5O2S. The lowest BCUT2D eigenvalue weighted by atomic mass is 10.1. The van der Waals surface area contributed by atoms with E-state index in [1.807, 2.05) is 39.1 Å². The van der Waals surface area contributed by atoms with Crippen molar-refractivity contribution >= 4 is 40.9 Å². The second-order valence-electron chi connectivity index (χ2n) is 7.37. The number of rotatable bonds is 8. The van der Waals surface area contributed by atoms with E-state index in [9.17, 15) is 9.59 Å². The zero-order chi connectivity index (χ0) is 23.3. The molecule has 2 N–H and O–H groups in total. The molecule has 0 bridgehead atoms. The summed E-state index contributed by atoms with van der Waals surface area (Å²) < 4.78 is 1.78. The van der Waals surface area contributed by atoms with Gasteiger partial charge in [0.2, 0.25) is 5.91 Å². The molecular weight excluding hydrogens is 446 g/mol. The fraction of sp³-hybridized carbons (Fsp3) is 0.304. The van der Waals surface area contributed by atoms with Gasteiger partial charge in [0.25, 0.3) is 5.91 Å². The minimum atomic E-state index is -0.390. The fourth-order valence-corrected chi connectivity index (χ4v) is 4.26. The number of nitrogens with zero attached hydrogens (tertiary/aromatic N) is 3. The Balaban J connectivity index is 1.62. The number of aryl methyl sites for hydroxylation is 2. The lowest BCUT2D eigenvalue weighted by molar-refractivity contribution is -0.113. The zero-order valence-electron chi connectivity index (χ0n) is 18.5. The molecule has 32 heavy (non-hydrogen) atoms. The van der Waals surface area contributed by atoms with E-state index < -0.39 is 6.04 Å². The maximum Gasteiger partial charge on any atom is 0.253 e. The Morgan fingerprint density at radius 1 is 1.16 bits per heavy atom. The van der Waals surface area contributed by atoms with Gasteiger partial charge in [-0.05, 0) is 43.5 Å². The number of hydrogen-bond donors (Lipinski definition) is 2. The molecule has 1 heterocycles. The van der Waals surface area contributed by atoms with E-state index in [1.54, 1.807) is 28.8 Å². The number of nitrogens with one attached hydrogen (secondary N) is 2. The predicted octanol–water partition coefficient (Wildman–Crippen LogP) is 4.56. The molecule has 0 radical (unpaired) electrons. The van der Waals surface area contributed by atoms with Crippen LogP contribution >= 0.6 is 23.4 Å². The van der Waals surface area contributed by atoms with Crippen molar-refractivity contribution in [1.29, 1.82) is 0 Å². The molecule has 0 fully saturated rings. The van der Waals surface area contributed by atoms with E-state index in [1.165, 1.54) is 11.8 Å². The van der Waals surface area contributed by atoms with Gasteiger partial charge in [0.05, 0.1) is 22.4 Å². The molecule has 0 aliphatic carbocycles. The third kappa shape index (κ3) is 5.49. The standard InChI is InChI=1S/C23H26ClN5O2S/c1-5-16-10-8-9-14(2)20(16)26-19(30)13-32-23-28-27-21(29(23)4)15(3)25-22(31)17-11-6-7-12-18(17)24/h6-12,15H,5,13H2,1-4H3,(H,25,31)(H,26,30)/t15-/m0/s1. The van der Waals surface area contributed by atoms with Gasteiger partial charge in [-0.1, -0.05) is 60.6 Å². The Labute approximate surface area is 197 Å². The number of anilines is 1. The van der Waals surface area contributed by atoms with Crippen molar-refractivity contribution in [1.82, 2.24) is 20.1 Å². The highest BCUT2D eigenvalue weighted by Crippen LogP contribution is 2.23. The second kappa shape index (κ2) is 10.7. The summed E-state index contributed by atoms with van der Waals surface area (Å²) in [6, 6.07) is 12.5. The van der Waals surface area contributed by atoms with Crippen LogP contribution in [0.25, 0.3) is 0 Å². The number of carbonyl (C=O) groups is 2. The monoisotopic (exact) mass is 471 g/mol. The number of aromatic nitrogens is 3. The molecule has 1 atom stereocenters. The van der Waals surface area contributed by atoms with Crippen LogP contribution in [0.1, 0.15) is 47.2 Å². The van der Waals surface area contributed by atoms with Crippen LogP contribution in [0.2, 0.25) is 5.02 Å². The molecule has 0 saturated carbocycles. The Kier molecular flexibility index (Phi) is 7.93. The van der Waals surface area contributed by atoms with Gasteiger partial charge in [-0.2, -0.15) is 0 Å². The highest BCUT2D eigenvalue weighted by molar-refractivity contribution is 7.99. The van der Waals surface area contributed by atoms with Gasteiger partial charge >= 0.3 is 0 Å². The van der Waals surface area contributed by atoms with Gasteiger partial charge in [-0.3, -0.25) is 9.59 Å².